The van der Waals surface area contributed by atoms with E-state index < -0.39 is 5.54 Å². The quantitative estimate of drug-likeness (QED) is 0.528. The Labute approximate surface area is 126 Å². The van der Waals surface area contributed by atoms with Crippen molar-refractivity contribution in [1.29, 1.82) is 0 Å². The Kier molecular flexibility index (Phi) is 7.79. The molecule has 0 spiro atoms. The first kappa shape index (κ1) is 17.5. The molecule has 0 saturated carbocycles. The molecule has 1 rings (SSSR count). The molecule has 1 atom stereocenters. The summed E-state index contributed by atoms with van der Waals surface area (Å²) >= 11 is 0. The van der Waals surface area contributed by atoms with Crippen LogP contribution in [0.25, 0.3) is 0 Å². The summed E-state index contributed by atoms with van der Waals surface area (Å²) in [7, 11) is 0. The summed E-state index contributed by atoms with van der Waals surface area (Å²) in [5.41, 5.74) is -0.822. The normalized spacial score (nSPS) is 13.5. The molecule has 0 radical (unpaired) electrons. The predicted octanol–water partition coefficient (Wildman–Crippen LogP) is 2.01. The van der Waals surface area contributed by atoms with Crippen molar-refractivity contribution >= 4 is 5.97 Å². The number of carbonyl (C=O) groups excluding carboxylic acids is 1. The van der Waals surface area contributed by atoms with E-state index in [4.69, 9.17) is 14.2 Å². The lowest BCUT2D eigenvalue weighted by atomic mass is 10.0. The van der Waals surface area contributed by atoms with E-state index >= 15 is 0 Å². The molecule has 0 amide bonds. The van der Waals surface area contributed by atoms with Crippen LogP contribution in [0.5, 0.6) is 5.75 Å². The highest BCUT2D eigenvalue weighted by Crippen LogP contribution is 2.09. The average Bonchev–Trinajstić information content (AvgIpc) is 2.48. The molecule has 5 nitrogen and oxygen atoms in total. The number of esters is 1. The van der Waals surface area contributed by atoms with Crippen molar-refractivity contribution in [2.45, 2.75) is 26.3 Å². The van der Waals surface area contributed by atoms with Gasteiger partial charge in [0.25, 0.3) is 0 Å². The van der Waals surface area contributed by atoms with Gasteiger partial charge in [-0.25, -0.2) is 4.79 Å². The Hall–Kier alpha value is -1.59. The van der Waals surface area contributed by atoms with E-state index in [1.165, 1.54) is 0 Å². The minimum absolute atomic E-state index is 0.248. The number of ether oxygens (including phenoxy) is 3. The SMILES string of the molecule is CCNC(C)(COCCOc1ccccc1)C(=O)OCC. The number of benzene rings is 1. The summed E-state index contributed by atoms with van der Waals surface area (Å²) in [6.07, 6.45) is 0. The van der Waals surface area contributed by atoms with Crippen LogP contribution in [0.2, 0.25) is 0 Å². The maximum absolute atomic E-state index is 11.9. The summed E-state index contributed by atoms with van der Waals surface area (Å²) in [5.74, 6) is 0.511. The van der Waals surface area contributed by atoms with Gasteiger partial charge in [-0.3, -0.25) is 0 Å². The predicted molar refractivity (Wildman–Crippen MR) is 81.5 cm³/mol. The minimum Gasteiger partial charge on any atom is -0.491 e. The van der Waals surface area contributed by atoms with E-state index in [0.29, 0.717) is 26.4 Å². The van der Waals surface area contributed by atoms with Crippen LogP contribution in [-0.4, -0.2) is 44.5 Å². The summed E-state index contributed by atoms with van der Waals surface area (Å²) in [6.45, 7) is 7.64. The minimum atomic E-state index is -0.822. The number of para-hydroxylation sites is 1. The third-order valence-electron chi connectivity index (χ3n) is 2.92. The van der Waals surface area contributed by atoms with Gasteiger partial charge in [0, 0.05) is 0 Å². The summed E-state index contributed by atoms with van der Waals surface area (Å²) in [6, 6.07) is 9.55. The first-order chi connectivity index (χ1) is 10.1. The molecular weight excluding hydrogens is 270 g/mol. The lowest BCUT2D eigenvalue weighted by Gasteiger charge is -2.27. The van der Waals surface area contributed by atoms with Gasteiger partial charge in [0.1, 0.15) is 17.9 Å². The van der Waals surface area contributed by atoms with Gasteiger partial charge in [-0.2, -0.15) is 0 Å². The molecule has 1 N–H and O–H groups in total. The Morgan fingerprint density at radius 3 is 2.52 bits per heavy atom. The highest BCUT2D eigenvalue weighted by molar-refractivity contribution is 5.80. The van der Waals surface area contributed by atoms with Gasteiger partial charge in [0.15, 0.2) is 0 Å². The second-order valence-corrected chi connectivity index (χ2v) is 4.80. The van der Waals surface area contributed by atoms with Crippen molar-refractivity contribution in [3.63, 3.8) is 0 Å². The summed E-state index contributed by atoms with van der Waals surface area (Å²) in [4.78, 5) is 11.9. The highest BCUT2D eigenvalue weighted by Gasteiger charge is 2.34. The van der Waals surface area contributed by atoms with E-state index in [1.54, 1.807) is 13.8 Å². The van der Waals surface area contributed by atoms with E-state index in [2.05, 4.69) is 5.32 Å². The standard InChI is InChI=1S/C16H25NO4/c1-4-17-16(3,15(18)20-5-2)13-19-11-12-21-14-9-7-6-8-10-14/h6-10,17H,4-5,11-13H2,1-3H3. The van der Waals surface area contributed by atoms with Gasteiger partial charge in [-0.05, 0) is 32.5 Å². The monoisotopic (exact) mass is 295 g/mol. The molecular formula is C16H25NO4. The second kappa shape index (κ2) is 9.37. The van der Waals surface area contributed by atoms with Crippen LogP contribution in [0.4, 0.5) is 0 Å². The Balaban J connectivity index is 2.31. The fourth-order valence-electron chi connectivity index (χ4n) is 1.87. The fraction of sp³-hybridized carbons (Fsp3) is 0.562. The van der Waals surface area contributed by atoms with Gasteiger partial charge < -0.3 is 19.5 Å². The zero-order valence-corrected chi connectivity index (χ0v) is 13.1. The van der Waals surface area contributed by atoms with Crippen LogP contribution in [0.15, 0.2) is 30.3 Å². The molecule has 0 bridgehead atoms. The van der Waals surface area contributed by atoms with Gasteiger partial charge in [-0.1, -0.05) is 25.1 Å². The molecule has 1 unspecified atom stereocenters. The number of hydrogen-bond acceptors (Lipinski definition) is 5. The molecule has 0 heterocycles. The molecule has 0 saturated heterocycles. The molecule has 0 aliphatic heterocycles. The Bertz CT molecular complexity index is 410. The van der Waals surface area contributed by atoms with Crippen molar-refractivity contribution in [3.05, 3.63) is 30.3 Å². The van der Waals surface area contributed by atoms with Gasteiger partial charge >= 0.3 is 5.97 Å². The molecule has 0 fully saturated rings. The molecule has 118 valence electrons. The van der Waals surface area contributed by atoms with Crippen LogP contribution in [0.1, 0.15) is 20.8 Å². The molecule has 1 aromatic carbocycles. The lowest BCUT2D eigenvalue weighted by Crippen LogP contribution is -2.54. The topological polar surface area (TPSA) is 56.8 Å². The van der Waals surface area contributed by atoms with Gasteiger partial charge in [-0.15, -0.1) is 0 Å². The third kappa shape index (κ3) is 6.14. The molecule has 1 aromatic rings. The van der Waals surface area contributed by atoms with Crippen LogP contribution in [0, 0.1) is 0 Å². The lowest BCUT2D eigenvalue weighted by molar-refractivity contribution is -0.153. The maximum atomic E-state index is 11.9. The van der Waals surface area contributed by atoms with Crippen molar-refractivity contribution in [2.75, 3.05) is 33.0 Å². The number of nitrogens with one attached hydrogen (secondary N) is 1. The van der Waals surface area contributed by atoms with Crippen LogP contribution in [-0.2, 0) is 14.3 Å². The number of carbonyl (C=O) groups is 1. The zero-order chi connectivity index (χ0) is 15.6. The number of hydrogen-bond donors (Lipinski definition) is 1. The maximum Gasteiger partial charge on any atom is 0.328 e. The summed E-state index contributed by atoms with van der Waals surface area (Å²) in [5, 5.41) is 3.11. The van der Waals surface area contributed by atoms with Crippen LogP contribution < -0.4 is 10.1 Å². The van der Waals surface area contributed by atoms with E-state index in [9.17, 15) is 4.79 Å². The van der Waals surface area contributed by atoms with Crippen LogP contribution >= 0.6 is 0 Å². The highest BCUT2D eigenvalue weighted by atomic mass is 16.5. The van der Waals surface area contributed by atoms with Crippen LogP contribution in [0.3, 0.4) is 0 Å². The van der Waals surface area contributed by atoms with E-state index in [-0.39, 0.29) is 12.6 Å². The van der Waals surface area contributed by atoms with Crippen molar-refractivity contribution in [1.82, 2.24) is 5.32 Å². The fourth-order valence-corrected chi connectivity index (χ4v) is 1.87. The molecule has 21 heavy (non-hydrogen) atoms. The molecule has 0 aliphatic carbocycles. The smallest absolute Gasteiger partial charge is 0.328 e. The third-order valence-corrected chi connectivity index (χ3v) is 2.92. The van der Waals surface area contributed by atoms with Crippen molar-refractivity contribution in [3.8, 4) is 5.75 Å². The summed E-state index contributed by atoms with van der Waals surface area (Å²) < 4.78 is 16.2. The van der Waals surface area contributed by atoms with Gasteiger partial charge in [0.2, 0.25) is 0 Å². The first-order valence-corrected chi connectivity index (χ1v) is 7.30. The molecule has 0 aromatic heterocycles. The van der Waals surface area contributed by atoms with E-state index in [1.807, 2.05) is 37.3 Å². The van der Waals surface area contributed by atoms with E-state index in [0.717, 1.165) is 5.75 Å². The molecule has 0 aliphatic rings. The number of rotatable bonds is 10. The largest absolute Gasteiger partial charge is 0.491 e. The number of likely N-dealkylation sites (N-methyl/N-ethyl adjacent to an activating group) is 1. The first-order valence-electron chi connectivity index (χ1n) is 7.30. The molecule has 5 heteroatoms. The van der Waals surface area contributed by atoms with Gasteiger partial charge in [0.05, 0.1) is 19.8 Å². The average molecular weight is 295 g/mol. The van der Waals surface area contributed by atoms with Crippen molar-refractivity contribution in [2.24, 2.45) is 0 Å². The Morgan fingerprint density at radius 2 is 1.90 bits per heavy atom. The second-order valence-electron chi connectivity index (χ2n) is 4.80. The zero-order valence-electron chi connectivity index (χ0n) is 13.1. The Morgan fingerprint density at radius 1 is 1.19 bits per heavy atom. The van der Waals surface area contributed by atoms with Crippen molar-refractivity contribution < 1.29 is 19.0 Å².